The molecule has 0 aliphatic carbocycles. The van der Waals surface area contributed by atoms with Crippen molar-refractivity contribution in [2.45, 2.75) is 19.8 Å². The molecule has 2 aromatic rings. The lowest BCUT2D eigenvalue weighted by molar-refractivity contribution is -0.116. The number of carbonyl (C=O) groups is 3. The summed E-state index contributed by atoms with van der Waals surface area (Å²) in [5.74, 6) is 0.169. The Morgan fingerprint density at radius 2 is 1.82 bits per heavy atom. The van der Waals surface area contributed by atoms with Gasteiger partial charge >= 0.3 is 5.97 Å². The molecule has 33 heavy (non-hydrogen) atoms. The van der Waals surface area contributed by atoms with Crippen LogP contribution in [0.2, 0.25) is 0 Å². The Bertz CT molecular complexity index is 1070. The third kappa shape index (κ3) is 6.66. The molecule has 0 aromatic heterocycles. The van der Waals surface area contributed by atoms with Crippen LogP contribution >= 0.6 is 24.0 Å². The Hall–Kier alpha value is -3.17. The highest BCUT2D eigenvalue weighted by Gasteiger charge is 2.31. The molecule has 9 heteroatoms. The number of thioether (sulfide) groups is 1. The SMILES string of the molecule is CCOC(=O)c1ccc(NC(=O)CCCN2C(=O)SC(=Cc3ccc(OC)cc3)C2=S)cc1. The van der Waals surface area contributed by atoms with E-state index in [1.54, 1.807) is 38.3 Å². The highest BCUT2D eigenvalue weighted by atomic mass is 32.2. The second-order valence-corrected chi connectivity index (χ2v) is 8.44. The summed E-state index contributed by atoms with van der Waals surface area (Å²) in [7, 11) is 1.61. The molecule has 1 N–H and O–H groups in total. The van der Waals surface area contributed by atoms with Crippen LogP contribution in [0.4, 0.5) is 10.5 Å². The number of esters is 1. The van der Waals surface area contributed by atoms with Gasteiger partial charge in [0.2, 0.25) is 5.91 Å². The number of carbonyl (C=O) groups excluding carboxylic acids is 3. The largest absolute Gasteiger partial charge is 0.497 e. The molecule has 172 valence electrons. The van der Waals surface area contributed by atoms with E-state index in [2.05, 4.69) is 5.32 Å². The van der Waals surface area contributed by atoms with Crippen LogP contribution in [0.3, 0.4) is 0 Å². The number of hydrogen-bond donors (Lipinski definition) is 1. The number of ether oxygens (including phenoxy) is 2. The van der Waals surface area contributed by atoms with Crippen LogP contribution in [0.25, 0.3) is 6.08 Å². The normalized spacial score (nSPS) is 14.5. The van der Waals surface area contributed by atoms with Crippen molar-refractivity contribution in [3.8, 4) is 5.75 Å². The van der Waals surface area contributed by atoms with Crippen LogP contribution in [0, 0.1) is 0 Å². The molecule has 0 unspecified atom stereocenters. The first kappa shape index (κ1) is 24.5. The lowest BCUT2D eigenvalue weighted by Gasteiger charge is -2.14. The third-order valence-corrected chi connectivity index (χ3v) is 6.25. The predicted molar refractivity (Wildman–Crippen MR) is 134 cm³/mol. The summed E-state index contributed by atoms with van der Waals surface area (Å²) in [5, 5.41) is 2.64. The van der Waals surface area contributed by atoms with Gasteiger partial charge in [0.05, 0.1) is 24.2 Å². The standard InChI is InChI=1S/C24H24N2O5S2/c1-3-31-23(28)17-8-10-18(11-9-17)25-21(27)5-4-14-26-22(32)20(33-24(26)29)15-16-6-12-19(30-2)13-7-16/h6-13,15H,3-5,14H2,1-2H3,(H,25,27). The molecule has 0 radical (unpaired) electrons. The number of anilines is 1. The van der Waals surface area contributed by atoms with E-state index in [9.17, 15) is 14.4 Å². The minimum Gasteiger partial charge on any atom is -0.497 e. The Labute approximate surface area is 202 Å². The van der Waals surface area contributed by atoms with Gasteiger partial charge in [-0.1, -0.05) is 24.4 Å². The number of methoxy groups -OCH3 is 1. The van der Waals surface area contributed by atoms with E-state index in [4.69, 9.17) is 21.7 Å². The molecule has 1 aliphatic rings. The van der Waals surface area contributed by atoms with Gasteiger partial charge in [0.1, 0.15) is 10.7 Å². The van der Waals surface area contributed by atoms with Gasteiger partial charge in [0, 0.05) is 18.7 Å². The maximum absolute atomic E-state index is 12.4. The Kier molecular flexibility index (Phi) is 8.62. The fourth-order valence-electron chi connectivity index (χ4n) is 3.07. The first-order chi connectivity index (χ1) is 15.9. The number of nitrogens with one attached hydrogen (secondary N) is 1. The van der Waals surface area contributed by atoms with E-state index in [1.807, 2.05) is 30.3 Å². The van der Waals surface area contributed by atoms with E-state index >= 15 is 0 Å². The van der Waals surface area contributed by atoms with E-state index in [1.165, 1.54) is 4.90 Å². The molecule has 2 aromatic carbocycles. The van der Waals surface area contributed by atoms with Gasteiger partial charge < -0.3 is 14.8 Å². The molecule has 3 rings (SSSR count). The number of amides is 2. The van der Waals surface area contributed by atoms with Crippen molar-refractivity contribution >= 4 is 57.8 Å². The van der Waals surface area contributed by atoms with Gasteiger partial charge in [-0.3, -0.25) is 14.5 Å². The van der Waals surface area contributed by atoms with Crippen LogP contribution in [-0.2, 0) is 9.53 Å². The zero-order valence-electron chi connectivity index (χ0n) is 18.3. The second kappa shape index (κ2) is 11.6. The average Bonchev–Trinajstić information content (AvgIpc) is 3.07. The molecule has 0 spiro atoms. The van der Waals surface area contributed by atoms with Gasteiger partial charge in [0.15, 0.2) is 0 Å². The van der Waals surface area contributed by atoms with Gasteiger partial charge in [-0.15, -0.1) is 0 Å². The topological polar surface area (TPSA) is 84.9 Å². The number of hydrogen-bond acceptors (Lipinski definition) is 7. The van der Waals surface area contributed by atoms with Crippen LogP contribution in [-0.4, -0.2) is 47.3 Å². The minimum absolute atomic E-state index is 0.144. The van der Waals surface area contributed by atoms with Crippen molar-refractivity contribution in [2.24, 2.45) is 0 Å². The van der Waals surface area contributed by atoms with Crippen molar-refractivity contribution in [3.63, 3.8) is 0 Å². The number of thiocarbonyl (C=S) groups is 1. The van der Waals surface area contributed by atoms with Crippen molar-refractivity contribution < 1.29 is 23.9 Å². The number of rotatable bonds is 9. The Morgan fingerprint density at radius 3 is 2.45 bits per heavy atom. The Balaban J connectivity index is 1.49. The maximum Gasteiger partial charge on any atom is 0.338 e. The van der Waals surface area contributed by atoms with Crippen LogP contribution in [0.5, 0.6) is 5.75 Å². The summed E-state index contributed by atoms with van der Waals surface area (Å²) in [6, 6.07) is 14.0. The molecule has 1 aliphatic heterocycles. The van der Waals surface area contributed by atoms with Gasteiger partial charge in [-0.2, -0.15) is 0 Å². The molecular formula is C24H24N2O5S2. The highest BCUT2D eigenvalue weighted by molar-refractivity contribution is 8.19. The predicted octanol–water partition coefficient (Wildman–Crippen LogP) is 5.13. The van der Waals surface area contributed by atoms with Gasteiger partial charge in [-0.25, -0.2) is 4.79 Å². The van der Waals surface area contributed by atoms with Gasteiger partial charge in [0.25, 0.3) is 5.24 Å². The highest BCUT2D eigenvalue weighted by Crippen LogP contribution is 2.33. The first-order valence-corrected chi connectivity index (χ1v) is 11.6. The number of benzene rings is 2. The summed E-state index contributed by atoms with van der Waals surface area (Å²) in [6.07, 6.45) is 2.57. The molecule has 0 saturated carbocycles. The lowest BCUT2D eigenvalue weighted by atomic mass is 10.2. The van der Waals surface area contributed by atoms with Crippen molar-refractivity contribution in [1.82, 2.24) is 4.90 Å². The summed E-state index contributed by atoms with van der Waals surface area (Å²) >= 11 is 6.57. The van der Waals surface area contributed by atoms with Crippen molar-refractivity contribution in [3.05, 3.63) is 64.6 Å². The molecule has 0 atom stereocenters. The summed E-state index contributed by atoms with van der Waals surface area (Å²) < 4.78 is 10.1. The zero-order valence-corrected chi connectivity index (χ0v) is 20.0. The van der Waals surface area contributed by atoms with Crippen LogP contribution in [0.1, 0.15) is 35.7 Å². The molecule has 2 amide bonds. The molecule has 1 heterocycles. The van der Waals surface area contributed by atoms with E-state index < -0.39 is 5.97 Å². The van der Waals surface area contributed by atoms with Crippen molar-refractivity contribution in [1.29, 1.82) is 0 Å². The summed E-state index contributed by atoms with van der Waals surface area (Å²) in [6.45, 7) is 2.41. The van der Waals surface area contributed by atoms with E-state index in [0.717, 1.165) is 23.1 Å². The molecule has 7 nitrogen and oxygen atoms in total. The smallest absolute Gasteiger partial charge is 0.338 e. The van der Waals surface area contributed by atoms with E-state index in [0.29, 0.717) is 40.7 Å². The van der Waals surface area contributed by atoms with Crippen LogP contribution in [0.15, 0.2) is 53.4 Å². The number of nitrogens with zero attached hydrogens (tertiary/aromatic N) is 1. The molecule has 1 fully saturated rings. The molecular weight excluding hydrogens is 460 g/mol. The minimum atomic E-state index is -0.403. The average molecular weight is 485 g/mol. The zero-order chi connectivity index (χ0) is 23.8. The van der Waals surface area contributed by atoms with Gasteiger partial charge in [-0.05, 0) is 73.1 Å². The first-order valence-electron chi connectivity index (χ1n) is 10.4. The quantitative estimate of drug-likeness (QED) is 0.300. The second-order valence-electron chi connectivity index (χ2n) is 7.06. The monoisotopic (exact) mass is 484 g/mol. The fraction of sp³-hybridized carbons (Fsp3) is 0.250. The molecule has 1 saturated heterocycles. The third-order valence-electron chi connectivity index (χ3n) is 4.75. The summed E-state index contributed by atoms with van der Waals surface area (Å²) in [5.41, 5.74) is 1.93. The fourth-order valence-corrected chi connectivity index (χ4v) is 4.36. The molecule has 0 bridgehead atoms. The maximum atomic E-state index is 12.4. The summed E-state index contributed by atoms with van der Waals surface area (Å²) in [4.78, 5) is 39.0. The Morgan fingerprint density at radius 1 is 1.12 bits per heavy atom. The van der Waals surface area contributed by atoms with Crippen LogP contribution < -0.4 is 10.1 Å². The lowest BCUT2D eigenvalue weighted by Crippen LogP contribution is -2.28. The van der Waals surface area contributed by atoms with E-state index in [-0.39, 0.29) is 17.6 Å². The van der Waals surface area contributed by atoms with Crippen molar-refractivity contribution in [2.75, 3.05) is 25.6 Å².